The molecule has 3 rings (SSSR count). The first-order valence-electron chi connectivity index (χ1n) is 7.11. The van der Waals surface area contributed by atoms with Gasteiger partial charge in [0.05, 0.1) is 12.0 Å². The monoisotopic (exact) mass is 284 g/mol. The first-order chi connectivity index (χ1) is 10.1. The topological polar surface area (TPSA) is 78.3 Å². The second-order valence-electron chi connectivity index (χ2n) is 5.53. The van der Waals surface area contributed by atoms with E-state index in [1.807, 2.05) is 11.1 Å². The van der Waals surface area contributed by atoms with Crippen LogP contribution in [0, 0.1) is 11.3 Å². The molecule has 110 valence electrons. The molecule has 1 aliphatic carbocycles. The Bertz CT molecular complexity index is 625. The van der Waals surface area contributed by atoms with E-state index in [2.05, 4.69) is 30.6 Å². The van der Waals surface area contributed by atoms with Crippen LogP contribution < -0.4 is 11.2 Å². The standard InChI is InChI=1S/C16H20N4O/c1-11-4-2-5-12(8-11)10-20-16(18)13(9-19-20)15(17)14-6-3-7-21-14/h2-7,12,18-19H,8-10,17H2,1H3. The number of nitrogens with one attached hydrogen (secondary N) is 2. The molecule has 1 aliphatic heterocycles. The average molecular weight is 284 g/mol. The molecule has 5 heteroatoms. The molecule has 1 aromatic heterocycles. The Morgan fingerprint density at radius 3 is 3.14 bits per heavy atom. The van der Waals surface area contributed by atoms with Crippen LogP contribution in [0.25, 0.3) is 5.70 Å². The molecule has 2 heterocycles. The van der Waals surface area contributed by atoms with Crippen molar-refractivity contribution in [3.05, 3.63) is 53.5 Å². The Hall–Kier alpha value is -2.27. The summed E-state index contributed by atoms with van der Waals surface area (Å²) in [6.45, 7) is 3.48. The Morgan fingerprint density at radius 1 is 1.57 bits per heavy atom. The van der Waals surface area contributed by atoms with E-state index in [0.29, 0.717) is 29.8 Å². The molecule has 1 saturated heterocycles. The molecule has 0 amide bonds. The molecule has 0 bridgehead atoms. The van der Waals surface area contributed by atoms with Gasteiger partial charge in [0.25, 0.3) is 0 Å². The second kappa shape index (κ2) is 5.61. The van der Waals surface area contributed by atoms with Crippen LogP contribution in [0.2, 0.25) is 0 Å². The summed E-state index contributed by atoms with van der Waals surface area (Å²) < 4.78 is 5.31. The minimum absolute atomic E-state index is 0.423. The summed E-state index contributed by atoms with van der Waals surface area (Å²) in [5, 5.41) is 10.2. The maximum Gasteiger partial charge on any atom is 0.149 e. The normalized spacial score (nSPS) is 24.4. The van der Waals surface area contributed by atoms with Crippen molar-refractivity contribution in [2.75, 3.05) is 13.1 Å². The zero-order valence-electron chi connectivity index (χ0n) is 12.1. The Morgan fingerprint density at radius 2 is 2.43 bits per heavy atom. The number of amidine groups is 1. The number of nitrogens with zero attached hydrogens (tertiary/aromatic N) is 1. The number of furan rings is 1. The predicted molar refractivity (Wildman–Crippen MR) is 83.3 cm³/mol. The molecule has 1 atom stereocenters. The third-order valence-corrected chi connectivity index (χ3v) is 3.88. The maximum absolute atomic E-state index is 8.31. The summed E-state index contributed by atoms with van der Waals surface area (Å²) >= 11 is 0. The molecule has 0 saturated carbocycles. The van der Waals surface area contributed by atoms with Gasteiger partial charge in [-0.2, -0.15) is 0 Å². The Balaban J connectivity index is 1.71. The van der Waals surface area contributed by atoms with Crippen LogP contribution in [0.15, 0.2) is 52.2 Å². The highest BCUT2D eigenvalue weighted by atomic mass is 16.3. The lowest BCUT2D eigenvalue weighted by Gasteiger charge is -2.24. The summed E-state index contributed by atoms with van der Waals surface area (Å²) in [6.07, 6.45) is 9.05. The second-order valence-corrected chi connectivity index (χ2v) is 5.53. The van der Waals surface area contributed by atoms with E-state index in [1.165, 1.54) is 5.57 Å². The lowest BCUT2D eigenvalue weighted by atomic mass is 9.95. The third kappa shape index (κ3) is 2.78. The van der Waals surface area contributed by atoms with Crippen molar-refractivity contribution in [1.82, 2.24) is 10.4 Å². The van der Waals surface area contributed by atoms with E-state index in [1.54, 1.807) is 12.3 Å². The average Bonchev–Trinajstić information content (AvgIpc) is 3.10. The van der Waals surface area contributed by atoms with Gasteiger partial charge in [0.2, 0.25) is 0 Å². The largest absolute Gasteiger partial charge is 0.463 e. The smallest absolute Gasteiger partial charge is 0.149 e. The van der Waals surface area contributed by atoms with Crippen molar-refractivity contribution in [1.29, 1.82) is 5.41 Å². The first-order valence-corrected chi connectivity index (χ1v) is 7.11. The van der Waals surface area contributed by atoms with Crippen molar-refractivity contribution in [2.24, 2.45) is 11.7 Å². The lowest BCUT2D eigenvalue weighted by molar-refractivity contribution is 0.310. The zero-order valence-corrected chi connectivity index (χ0v) is 12.1. The molecule has 0 aromatic carbocycles. The molecule has 4 N–H and O–H groups in total. The van der Waals surface area contributed by atoms with E-state index < -0.39 is 0 Å². The van der Waals surface area contributed by atoms with Gasteiger partial charge in [-0.05, 0) is 31.4 Å². The quantitative estimate of drug-likeness (QED) is 0.795. The molecule has 21 heavy (non-hydrogen) atoms. The SMILES string of the molecule is CC1=CC=CC(CN2NCC(=C(N)c3ccco3)C2=N)C1. The molecule has 1 fully saturated rings. The van der Waals surface area contributed by atoms with Gasteiger partial charge in [0.1, 0.15) is 11.6 Å². The molecule has 0 radical (unpaired) electrons. The number of rotatable bonds is 3. The van der Waals surface area contributed by atoms with Gasteiger partial charge in [0.15, 0.2) is 0 Å². The lowest BCUT2D eigenvalue weighted by Crippen LogP contribution is -2.38. The summed E-state index contributed by atoms with van der Waals surface area (Å²) in [5.74, 6) is 1.48. The van der Waals surface area contributed by atoms with Crippen LogP contribution in [-0.2, 0) is 0 Å². The fourth-order valence-corrected chi connectivity index (χ4v) is 2.75. The molecule has 1 unspecified atom stereocenters. The van der Waals surface area contributed by atoms with Gasteiger partial charge < -0.3 is 10.2 Å². The van der Waals surface area contributed by atoms with Crippen LogP contribution in [0.4, 0.5) is 0 Å². The first kappa shape index (κ1) is 13.7. The van der Waals surface area contributed by atoms with Gasteiger partial charge in [0, 0.05) is 18.7 Å². The summed E-state index contributed by atoms with van der Waals surface area (Å²) in [6, 6.07) is 3.62. The highest BCUT2D eigenvalue weighted by Gasteiger charge is 2.27. The van der Waals surface area contributed by atoms with Gasteiger partial charge in [-0.25, -0.2) is 5.43 Å². The molecule has 0 spiro atoms. The highest BCUT2D eigenvalue weighted by Crippen LogP contribution is 2.23. The van der Waals surface area contributed by atoms with Crippen molar-refractivity contribution in [3.8, 4) is 0 Å². The van der Waals surface area contributed by atoms with Crippen LogP contribution in [0.5, 0.6) is 0 Å². The number of nitrogens with two attached hydrogens (primary N) is 1. The fraction of sp³-hybridized carbons (Fsp3) is 0.312. The highest BCUT2D eigenvalue weighted by molar-refractivity contribution is 6.03. The van der Waals surface area contributed by atoms with Crippen LogP contribution in [0.1, 0.15) is 19.1 Å². The van der Waals surface area contributed by atoms with E-state index in [4.69, 9.17) is 15.6 Å². The maximum atomic E-state index is 8.31. The molecular formula is C16H20N4O. The number of hydrogen-bond acceptors (Lipinski definition) is 4. The Labute approximate surface area is 124 Å². The van der Waals surface area contributed by atoms with Gasteiger partial charge in [-0.15, -0.1) is 0 Å². The van der Waals surface area contributed by atoms with Crippen LogP contribution in [-0.4, -0.2) is 23.9 Å². The third-order valence-electron chi connectivity index (χ3n) is 3.88. The predicted octanol–water partition coefficient (Wildman–Crippen LogP) is 2.27. The number of allylic oxidation sites excluding steroid dienone is 3. The summed E-state index contributed by atoms with van der Waals surface area (Å²) in [5.41, 5.74) is 12.0. The van der Waals surface area contributed by atoms with E-state index in [-0.39, 0.29) is 0 Å². The molecule has 5 nitrogen and oxygen atoms in total. The zero-order chi connectivity index (χ0) is 14.8. The van der Waals surface area contributed by atoms with Crippen LogP contribution >= 0.6 is 0 Å². The molecule has 1 aromatic rings. The number of hydrazine groups is 1. The Kier molecular flexibility index (Phi) is 3.66. The van der Waals surface area contributed by atoms with Gasteiger partial charge >= 0.3 is 0 Å². The van der Waals surface area contributed by atoms with E-state index in [9.17, 15) is 0 Å². The van der Waals surface area contributed by atoms with E-state index >= 15 is 0 Å². The summed E-state index contributed by atoms with van der Waals surface area (Å²) in [7, 11) is 0. The van der Waals surface area contributed by atoms with Crippen molar-refractivity contribution in [3.63, 3.8) is 0 Å². The molecule has 2 aliphatic rings. The minimum Gasteiger partial charge on any atom is -0.463 e. The fourth-order valence-electron chi connectivity index (χ4n) is 2.75. The van der Waals surface area contributed by atoms with Crippen molar-refractivity contribution >= 4 is 11.5 Å². The van der Waals surface area contributed by atoms with Crippen molar-refractivity contribution in [2.45, 2.75) is 13.3 Å². The number of hydrogen-bond donors (Lipinski definition) is 3. The molecular weight excluding hydrogens is 264 g/mol. The van der Waals surface area contributed by atoms with Gasteiger partial charge in [-0.3, -0.25) is 10.4 Å². The minimum atomic E-state index is 0.423. The van der Waals surface area contributed by atoms with E-state index in [0.717, 1.165) is 18.5 Å². The van der Waals surface area contributed by atoms with Crippen molar-refractivity contribution < 1.29 is 4.42 Å². The van der Waals surface area contributed by atoms with Gasteiger partial charge in [-0.1, -0.05) is 23.8 Å². The summed E-state index contributed by atoms with van der Waals surface area (Å²) in [4.78, 5) is 0. The van der Waals surface area contributed by atoms with Crippen LogP contribution in [0.3, 0.4) is 0 Å².